The highest BCUT2D eigenvalue weighted by Gasteiger charge is 2.31. The molecule has 0 aliphatic carbocycles. The van der Waals surface area contributed by atoms with Crippen LogP contribution in [0.5, 0.6) is 11.6 Å². The Balaban J connectivity index is 2.28. The van der Waals surface area contributed by atoms with Crippen molar-refractivity contribution >= 4 is 12.2 Å². The number of ether oxygens (including phenoxy) is 3. The fourth-order valence-corrected chi connectivity index (χ4v) is 3.56. The second kappa shape index (κ2) is 11.0. The predicted molar refractivity (Wildman–Crippen MR) is 127 cm³/mol. The highest BCUT2D eigenvalue weighted by atomic mass is 19.1. The van der Waals surface area contributed by atoms with Gasteiger partial charge in [0.05, 0.1) is 11.1 Å². The maximum absolute atomic E-state index is 14.8. The molecule has 10 heteroatoms. The molecule has 0 radical (unpaired) electrons. The van der Waals surface area contributed by atoms with E-state index in [9.17, 15) is 19.2 Å². The predicted octanol–water partition coefficient (Wildman–Crippen LogP) is 4.93. The van der Waals surface area contributed by atoms with Crippen molar-refractivity contribution in [2.45, 2.75) is 59.1 Å². The van der Waals surface area contributed by atoms with Crippen LogP contribution >= 0.6 is 0 Å². The molecule has 2 amide bonds. The van der Waals surface area contributed by atoms with Crippen molar-refractivity contribution in [3.05, 3.63) is 41.8 Å². The molecule has 1 heterocycles. The van der Waals surface area contributed by atoms with Gasteiger partial charge in [0.1, 0.15) is 24.0 Å². The standard InChI is InChI=1S/C25H31FN4O5/c1-15(2)12-25(6,30-23(32)35-24(3,4)5)14-33-19-8-7-16(11-17(19)13-27)18-9-10-29-21(20(18)26)34-22(28)31/h7-11,15H,12,14H2,1-6H3,(H2,28,31)(H,30,32). The second-order valence-electron chi connectivity index (χ2n) is 9.80. The van der Waals surface area contributed by atoms with Crippen LogP contribution in [-0.4, -0.2) is 34.9 Å². The van der Waals surface area contributed by atoms with Gasteiger partial charge in [-0.1, -0.05) is 19.9 Å². The number of aromatic nitrogens is 1. The van der Waals surface area contributed by atoms with Crippen molar-refractivity contribution in [1.82, 2.24) is 10.3 Å². The lowest BCUT2D eigenvalue weighted by atomic mass is 9.91. The molecule has 0 saturated carbocycles. The van der Waals surface area contributed by atoms with Crippen molar-refractivity contribution in [3.8, 4) is 28.8 Å². The van der Waals surface area contributed by atoms with Crippen molar-refractivity contribution in [2.75, 3.05) is 6.61 Å². The number of nitrogens with zero attached hydrogens (tertiary/aromatic N) is 2. The number of primary amides is 1. The van der Waals surface area contributed by atoms with Gasteiger partial charge in [0.2, 0.25) is 0 Å². The zero-order valence-corrected chi connectivity index (χ0v) is 20.8. The van der Waals surface area contributed by atoms with Crippen molar-refractivity contribution in [1.29, 1.82) is 5.26 Å². The van der Waals surface area contributed by atoms with Gasteiger partial charge in [-0.2, -0.15) is 5.26 Å². The number of rotatable bonds is 8. The molecule has 1 aromatic carbocycles. The van der Waals surface area contributed by atoms with Gasteiger partial charge in [-0.15, -0.1) is 0 Å². The summed E-state index contributed by atoms with van der Waals surface area (Å²) in [5, 5.41) is 12.5. The number of pyridine rings is 1. The topological polar surface area (TPSA) is 137 Å². The Morgan fingerprint density at radius 3 is 2.49 bits per heavy atom. The summed E-state index contributed by atoms with van der Waals surface area (Å²) in [5.41, 5.74) is 4.08. The minimum Gasteiger partial charge on any atom is -0.490 e. The van der Waals surface area contributed by atoms with Crippen LogP contribution in [0.1, 0.15) is 53.5 Å². The molecule has 0 saturated heterocycles. The van der Waals surface area contributed by atoms with E-state index >= 15 is 0 Å². The van der Waals surface area contributed by atoms with E-state index in [-0.39, 0.29) is 29.4 Å². The molecule has 1 aromatic heterocycles. The first-order valence-corrected chi connectivity index (χ1v) is 11.0. The van der Waals surface area contributed by atoms with Gasteiger partial charge in [0.15, 0.2) is 5.82 Å². The zero-order chi connectivity index (χ0) is 26.4. The quantitative estimate of drug-likeness (QED) is 0.540. The molecule has 3 N–H and O–H groups in total. The number of carbonyl (C=O) groups excluding carboxylic acids is 2. The van der Waals surface area contributed by atoms with E-state index in [1.165, 1.54) is 24.4 Å². The van der Waals surface area contributed by atoms with Crippen molar-refractivity contribution < 1.29 is 28.2 Å². The van der Waals surface area contributed by atoms with E-state index in [1.807, 2.05) is 26.8 Å². The maximum atomic E-state index is 14.8. The van der Waals surface area contributed by atoms with Gasteiger partial charge in [-0.3, -0.25) is 0 Å². The number of carbonyl (C=O) groups is 2. The summed E-state index contributed by atoms with van der Waals surface area (Å²) in [6.45, 7) is 11.3. The molecule has 35 heavy (non-hydrogen) atoms. The lowest BCUT2D eigenvalue weighted by molar-refractivity contribution is 0.0408. The summed E-state index contributed by atoms with van der Waals surface area (Å²) < 4.78 is 30.7. The number of nitriles is 1. The number of hydrogen-bond donors (Lipinski definition) is 2. The summed E-state index contributed by atoms with van der Waals surface area (Å²) in [5.74, 6) is -0.954. The number of benzene rings is 1. The maximum Gasteiger partial charge on any atom is 0.411 e. The lowest BCUT2D eigenvalue weighted by Crippen LogP contribution is -2.52. The Bertz CT molecular complexity index is 1120. The third-order valence-electron chi connectivity index (χ3n) is 4.67. The molecule has 0 aliphatic rings. The first kappa shape index (κ1) is 27.4. The summed E-state index contributed by atoms with van der Waals surface area (Å²) in [7, 11) is 0. The monoisotopic (exact) mass is 486 g/mol. The third-order valence-corrected chi connectivity index (χ3v) is 4.67. The summed E-state index contributed by atoms with van der Waals surface area (Å²) >= 11 is 0. The van der Waals surface area contributed by atoms with E-state index < -0.39 is 35.0 Å². The number of halogens is 1. The number of amides is 2. The Labute approximate surface area is 204 Å². The van der Waals surface area contributed by atoms with E-state index in [0.717, 1.165) is 0 Å². The smallest absolute Gasteiger partial charge is 0.411 e. The van der Waals surface area contributed by atoms with Crippen LogP contribution in [0.2, 0.25) is 0 Å². The fraction of sp³-hybridized carbons (Fsp3) is 0.440. The van der Waals surface area contributed by atoms with E-state index in [2.05, 4.69) is 15.0 Å². The molecular weight excluding hydrogens is 455 g/mol. The minimum absolute atomic E-state index is 0.0653. The van der Waals surface area contributed by atoms with E-state index in [1.54, 1.807) is 26.8 Å². The van der Waals surface area contributed by atoms with Gasteiger partial charge < -0.3 is 25.3 Å². The van der Waals surface area contributed by atoms with Crippen LogP contribution in [0, 0.1) is 23.1 Å². The normalized spacial score (nSPS) is 12.9. The number of nitrogens with one attached hydrogen (secondary N) is 1. The highest BCUT2D eigenvalue weighted by Crippen LogP contribution is 2.31. The van der Waals surface area contributed by atoms with Gasteiger partial charge in [0, 0.05) is 11.8 Å². The molecule has 1 atom stereocenters. The second-order valence-corrected chi connectivity index (χ2v) is 9.80. The SMILES string of the molecule is CC(C)CC(C)(COc1ccc(-c2ccnc(OC(N)=O)c2F)cc1C#N)NC(=O)OC(C)(C)C. The minimum atomic E-state index is -1.19. The van der Waals surface area contributed by atoms with Gasteiger partial charge in [-0.05, 0) is 63.8 Å². The Hall–Kier alpha value is -3.87. The Morgan fingerprint density at radius 1 is 1.23 bits per heavy atom. The molecule has 0 fully saturated rings. The third kappa shape index (κ3) is 8.14. The van der Waals surface area contributed by atoms with Crippen molar-refractivity contribution in [2.24, 2.45) is 11.7 Å². The molecule has 2 aromatic rings. The van der Waals surface area contributed by atoms with Crippen LogP contribution in [0.4, 0.5) is 14.0 Å². The van der Waals surface area contributed by atoms with Crippen LogP contribution < -0.4 is 20.5 Å². The first-order chi connectivity index (χ1) is 16.2. The van der Waals surface area contributed by atoms with Crippen molar-refractivity contribution in [3.63, 3.8) is 0 Å². The van der Waals surface area contributed by atoms with Crippen LogP contribution in [0.25, 0.3) is 11.1 Å². The Morgan fingerprint density at radius 2 is 1.91 bits per heavy atom. The zero-order valence-electron chi connectivity index (χ0n) is 20.8. The van der Waals surface area contributed by atoms with Crippen LogP contribution in [0.3, 0.4) is 0 Å². The van der Waals surface area contributed by atoms with E-state index in [0.29, 0.717) is 12.0 Å². The molecule has 9 nitrogen and oxygen atoms in total. The lowest BCUT2D eigenvalue weighted by Gasteiger charge is -2.33. The van der Waals surface area contributed by atoms with E-state index in [4.69, 9.17) is 15.2 Å². The molecule has 0 spiro atoms. The molecule has 0 aliphatic heterocycles. The largest absolute Gasteiger partial charge is 0.490 e. The average Bonchev–Trinajstić information content (AvgIpc) is 2.71. The van der Waals surface area contributed by atoms with Crippen LogP contribution in [0.15, 0.2) is 30.5 Å². The molecule has 1 unspecified atom stereocenters. The first-order valence-electron chi connectivity index (χ1n) is 11.0. The Kier molecular flexibility index (Phi) is 8.63. The molecular formula is C25H31FN4O5. The molecule has 188 valence electrons. The highest BCUT2D eigenvalue weighted by molar-refractivity contribution is 5.71. The molecule has 2 rings (SSSR count). The average molecular weight is 487 g/mol. The molecule has 0 bridgehead atoms. The summed E-state index contributed by atoms with van der Waals surface area (Å²) in [6, 6.07) is 7.96. The summed E-state index contributed by atoms with van der Waals surface area (Å²) in [4.78, 5) is 27.0. The van der Waals surface area contributed by atoms with Crippen LogP contribution in [-0.2, 0) is 4.74 Å². The number of nitrogens with two attached hydrogens (primary N) is 1. The fourth-order valence-electron chi connectivity index (χ4n) is 3.56. The van der Waals surface area contributed by atoms with Gasteiger partial charge in [-0.25, -0.2) is 19.0 Å². The van der Waals surface area contributed by atoms with Gasteiger partial charge >= 0.3 is 12.2 Å². The summed E-state index contributed by atoms with van der Waals surface area (Å²) in [6.07, 6.45) is 0.0888. The number of hydrogen-bond acceptors (Lipinski definition) is 7. The van der Waals surface area contributed by atoms with Gasteiger partial charge in [0.25, 0.3) is 5.88 Å². The number of alkyl carbamates (subject to hydrolysis) is 1.